The highest BCUT2D eigenvalue weighted by Crippen LogP contribution is 2.32. The van der Waals surface area contributed by atoms with E-state index >= 15 is 0 Å². The van der Waals surface area contributed by atoms with Crippen LogP contribution >= 0.6 is 0 Å². The molecular formula is C14H15NO3. The van der Waals surface area contributed by atoms with Crippen molar-refractivity contribution in [1.29, 1.82) is 0 Å². The number of amides is 2. The predicted octanol–water partition coefficient (Wildman–Crippen LogP) is 1.59. The number of rotatable bonds is 2. The van der Waals surface area contributed by atoms with Crippen LogP contribution < -0.4 is 0 Å². The maximum atomic E-state index is 12.1. The van der Waals surface area contributed by atoms with Crippen molar-refractivity contribution in [3.8, 4) is 0 Å². The zero-order valence-electron chi connectivity index (χ0n) is 10.1. The second-order valence-electron chi connectivity index (χ2n) is 5.17. The van der Waals surface area contributed by atoms with E-state index in [1.807, 2.05) is 0 Å². The Bertz CT molecular complexity index is 483. The van der Waals surface area contributed by atoms with Crippen molar-refractivity contribution < 1.29 is 14.7 Å². The molecule has 1 aromatic carbocycles. The average molecular weight is 245 g/mol. The number of carbonyl (C=O) groups excluding carboxylic acids is 2. The molecule has 94 valence electrons. The van der Waals surface area contributed by atoms with E-state index in [0.29, 0.717) is 24.0 Å². The highest BCUT2D eigenvalue weighted by molar-refractivity contribution is 6.21. The highest BCUT2D eigenvalue weighted by Gasteiger charge is 2.41. The highest BCUT2D eigenvalue weighted by atomic mass is 16.3. The Hall–Kier alpha value is -1.68. The molecule has 0 bridgehead atoms. The summed E-state index contributed by atoms with van der Waals surface area (Å²) in [5, 5.41) is 10.3. The minimum absolute atomic E-state index is 0.124. The number of carbonyl (C=O) groups is 2. The Balaban J connectivity index is 1.88. The number of fused-ring (bicyclic) bond motifs is 1. The van der Waals surface area contributed by atoms with Crippen LogP contribution in [0.25, 0.3) is 0 Å². The summed E-state index contributed by atoms with van der Waals surface area (Å²) in [6.45, 7) is 0.124. The largest absolute Gasteiger partial charge is 0.388 e. The number of benzene rings is 1. The Morgan fingerprint density at radius 3 is 2.06 bits per heavy atom. The lowest BCUT2D eigenvalue weighted by Gasteiger charge is -2.27. The second-order valence-corrected chi connectivity index (χ2v) is 5.17. The molecule has 0 atom stereocenters. The lowest BCUT2D eigenvalue weighted by atomic mass is 10.0. The molecule has 0 aromatic heterocycles. The summed E-state index contributed by atoms with van der Waals surface area (Å²) in [5.74, 6) is -0.563. The van der Waals surface area contributed by atoms with Crippen molar-refractivity contribution in [2.75, 3.05) is 6.54 Å². The van der Waals surface area contributed by atoms with Crippen LogP contribution in [0, 0.1) is 0 Å². The molecule has 1 aromatic rings. The van der Waals surface area contributed by atoms with Crippen LogP contribution in [-0.4, -0.2) is 34.0 Å². The zero-order valence-corrected chi connectivity index (χ0v) is 10.1. The van der Waals surface area contributed by atoms with Crippen LogP contribution in [0.1, 0.15) is 46.4 Å². The Labute approximate surface area is 105 Å². The molecular weight excluding hydrogens is 230 g/mol. The molecule has 1 aliphatic carbocycles. The molecule has 0 unspecified atom stereocenters. The normalized spacial score (nSPS) is 21.5. The molecule has 2 amide bonds. The number of nitrogens with zero attached hydrogens (tertiary/aromatic N) is 1. The third-order valence-corrected chi connectivity index (χ3v) is 3.86. The molecule has 2 aliphatic rings. The standard InChI is InChI=1S/C14H15NO3/c16-12-10-5-1-2-6-11(10)13(17)15(12)9-14(18)7-3-4-8-14/h1-2,5-6,18H,3-4,7-9H2. The predicted molar refractivity (Wildman–Crippen MR) is 65.2 cm³/mol. The van der Waals surface area contributed by atoms with Crippen molar-refractivity contribution >= 4 is 11.8 Å². The minimum Gasteiger partial charge on any atom is -0.388 e. The van der Waals surface area contributed by atoms with E-state index in [-0.39, 0.29) is 18.4 Å². The zero-order chi connectivity index (χ0) is 12.8. The maximum absolute atomic E-state index is 12.1. The van der Waals surface area contributed by atoms with Gasteiger partial charge in [-0.15, -0.1) is 0 Å². The van der Waals surface area contributed by atoms with Crippen LogP contribution in [0.3, 0.4) is 0 Å². The number of β-amino-alcohol motifs (C(OH)–C–C–N with tert-alkyl or cyclic N) is 1. The molecule has 0 saturated heterocycles. The van der Waals surface area contributed by atoms with Gasteiger partial charge in [-0.1, -0.05) is 25.0 Å². The van der Waals surface area contributed by atoms with E-state index in [1.165, 1.54) is 4.90 Å². The summed E-state index contributed by atoms with van der Waals surface area (Å²) in [6, 6.07) is 6.82. The van der Waals surface area contributed by atoms with Crippen LogP contribution in [0.4, 0.5) is 0 Å². The first-order chi connectivity index (χ1) is 8.61. The third-order valence-electron chi connectivity index (χ3n) is 3.86. The van der Waals surface area contributed by atoms with E-state index < -0.39 is 5.60 Å². The first-order valence-corrected chi connectivity index (χ1v) is 6.28. The molecule has 1 fully saturated rings. The molecule has 1 heterocycles. The fourth-order valence-electron chi connectivity index (χ4n) is 2.87. The van der Waals surface area contributed by atoms with Crippen LogP contribution in [0.5, 0.6) is 0 Å². The lowest BCUT2D eigenvalue weighted by Crippen LogP contribution is -2.43. The molecule has 18 heavy (non-hydrogen) atoms. The van der Waals surface area contributed by atoms with Gasteiger partial charge in [0, 0.05) is 0 Å². The van der Waals surface area contributed by atoms with Gasteiger partial charge in [-0.05, 0) is 25.0 Å². The first kappa shape index (κ1) is 11.4. The fraction of sp³-hybridized carbons (Fsp3) is 0.429. The van der Waals surface area contributed by atoms with Gasteiger partial charge in [-0.2, -0.15) is 0 Å². The number of aliphatic hydroxyl groups is 1. The summed E-state index contributed by atoms with van der Waals surface area (Å²) >= 11 is 0. The van der Waals surface area contributed by atoms with Crippen LogP contribution in [0.2, 0.25) is 0 Å². The van der Waals surface area contributed by atoms with E-state index in [2.05, 4.69) is 0 Å². The second kappa shape index (κ2) is 3.92. The molecule has 3 rings (SSSR count). The SMILES string of the molecule is O=C1c2ccccc2C(=O)N1CC1(O)CCCC1. The van der Waals surface area contributed by atoms with Crippen molar-refractivity contribution in [2.45, 2.75) is 31.3 Å². The quantitative estimate of drug-likeness (QED) is 0.805. The van der Waals surface area contributed by atoms with Crippen molar-refractivity contribution in [1.82, 2.24) is 4.90 Å². The third kappa shape index (κ3) is 1.64. The van der Waals surface area contributed by atoms with E-state index in [4.69, 9.17) is 0 Å². The molecule has 1 saturated carbocycles. The molecule has 1 N–H and O–H groups in total. The number of hydrogen-bond donors (Lipinski definition) is 1. The Morgan fingerprint density at radius 2 is 1.56 bits per heavy atom. The summed E-state index contributed by atoms with van der Waals surface area (Å²) in [7, 11) is 0. The van der Waals surface area contributed by atoms with Crippen molar-refractivity contribution in [3.63, 3.8) is 0 Å². The summed E-state index contributed by atoms with van der Waals surface area (Å²) in [6.07, 6.45) is 3.25. The average Bonchev–Trinajstić information content (AvgIpc) is 2.89. The summed E-state index contributed by atoms with van der Waals surface area (Å²) < 4.78 is 0. The monoisotopic (exact) mass is 245 g/mol. The minimum atomic E-state index is -0.882. The molecule has 0 spiro atoms. The van der Waals surface area contributed by atoms with E-state index in [0.717, 1.165) is 12.8 Å². The Kier molecular flexibility index (Phi) is 2.48. The molecule has 4 nitrogen and oxygen atoms in total. The number of hydrogen-bond acceptors (Lipinski definition) is 3. The van der Waals surface area contributed by atoms with Crippen LogP contribution in [-0.2, 0) is 0 Å². The van der Waals surface area contributed by atoms with Crippen molar-refractivity contribution in [2.24, 2.45) is 0 Å². The fourth-order valence-corrected chi connectivity index (χ4v) is 2.87. The van der Waals surface area contributed by atoms with Gasteiger partial charge in [-0.25, -0.2) is 0 Å². The van der Waals surface area contributed by atoms with Gasteiger partial charge < -0.3 is 5.11 Å². The van der Waals surface area contributed by atoms with Gasteiger partial charge in [0.1, 0.15) is 0 Å². The smallest absolute Gasteiger partial charge is 0.261 e. The van der Waals surface area contributed by atoms with Gasteiger partial charge in [0.2, 0.25) is 0 Å². The topological polar surface area (TPSA) is 57.6 Å². The Morgan fingerprint density at radius 1 is 1.06 bits per heavy atom. The molecule has 0 radical (unpaired) electrons. The number of imide groups is 1. The molecule has 1 aliphatic heterocycles. The van der Waals surface area contributed by atoms with Gasteiger partial charge >= 0.3 is 0 Å². The van der Waals surface area contributed by atoms with Gasteiger partial charge in [0.05, 0.1) is 23.3 Å². The maximum Gasteiger partial charge on any atom is 0.261 e. The molecule has 4 heteroatoms. The van der Waals surface area contributed by atoms with Crippen LogP contribution in [0.15, 0.2) is 24.3 Å². The first-order valence-electron chi connectivity index (χ1n) is 6.28. The van der Waals surface area contributed by atoms with Crippen molar-refractivity contribution in [3.05, 3.63) is 35.4 Å². The van der Waals surface area contributed by atoms with Gasteiger partial charge in [0.15, 0.2) is 0 Å². The summed E-state index contributed by atoms with van der Waals surface area (Å²) in [4.78, 5) is 25.5. The summed E-state index contributed by atoms with van der Waals surface area (Å²) in [5.41, 5.74) is 0.0149. The van der Waals surface area contributed by atoms with E-state index in [1.54, 1.807) is 24.3 Å². The van der Waals surface area contributed by atoms with Gasteiger partial charge in [-0.3, -0.25) is 14.5 Å². The lowest BCUT2D eigenvalue weighted by molar-refractivity contribution is 0.0124. The van der Waals surface area contributed by atoms with Gasteiger partial charge in [0.25, 0.3) is 11.8 Å². The van der Waals surface area contributed by atoms with E-state index in [9.17, 15) is 14.7 Å².